The van der Waals surface area contributed by atoms with E-state index in [0.29, 0.717) is 32.5 Å². The molecule has 1 amide bonds. The maximum Gasteiger partial charge on any atom is 0.350 e. The molecule has 3 aromatic rings. The second kappa shape index (κ2) is 9.36. The lowest BCUT2D eigenvalue weighted by molar-refractivity contribution is -0.118. The number of benzene rings is 2. The Morgan fingerprint density at radius 3 is 2.21 bits per heavy atom. The summed E-state index contributed by atoms with van der Waals surface area (Å²) in [6, 6.07) is 14.7. The molecule has 0 atom stereocenters. The highest BCUT2D eigenvalue weighted by Crippen LogP contribution is 2.23. The number of ether oxygens (including phenoxy) is 2. The van der Waals surface area contributed by atoms with E-state index in [1.54, 1.807) is 60.0 Å². The standard InChI is InChI=1S/C21H16ClNO5S/c1-27-21(26)20-17(10-11-29-20)23-18(24)12-28-16-8-4-14(5-9-16)19(25)13-2-6-15(22)7-3-13/h2-11H,12H2,1H3,(H,23,24). The first-order chi connectivity index (χ1) is 14.0. The summed E-state index contributed by atoms with van der Waals surface area (Å²) >= 11 is 7.01. The molecule has 0 saturated carbocycles. The Labute approximate surface area is 176 Å². The van der Waals surface area contributed by atoms with Gasteiger partial charge < -0.3 is 14.8 Å². The molecule has 0 aliphatic heterocycles. The van der Waals surface area contributed by atoms with Crippen LogP contribution in [0.15, 0.2) is 60.0 Å². The number of carbonyl (C=O) groups excluding carboxylic acids is 3. The Bertz CT molecular complexity index is 1030. The van der Waals surface area contributed by atoms with Crippen LogP contribution in [0.25, 0.3) is 0 Å². The minimum absolute atomic E-state index is 0.140. The summed E-state index contributed by atoms with van der Waals surface area (Å²) in [7, 11) is 1.28. The van der Waals surface area contributed by atoms with Gasteiger partial charge in [0.05, 0.1) is 12.8 Å². The van der Waals surface area contributed by atoms with E-state index in [4.69, 9.17) is 16.3 Å². The van der Waals surface area contributed by atoms with Crippen molar-refractivity contribution in [2.24, 2.45) is 0 Å². The summed E-state index contributed by atoms with van der Waals surface area (Å²) in [4.78, 5) is 36.5. The zero-order valence-electron chi connectivity index (χ0n) is 15.3. The Kier molecular flexibility index (Phi) is 6.64. The van der Waals surface area contributed by atoms with Crippen molar-refractivity contribution in [1.29, 1.82) is 0 Å². The van der Waals surface area contributed by atoms with Gasteiger partial charge in [0.1, 0.15) is 10.6 Å². The summed E-state index contributed by atoms with van der Waals surface area (Å²) in [5.74, 6) is -0.642. The van der Waals surface area contributed by atoms with Crippen molar-refractivity contribution >= 4 is 46.3 Å². The molecule has 0 aliphatic rings. The van der Waals surface area contributed by atoms with Crippen LogP contribution in [0.1, 0.15) is 25.6 Å². The predicted molar refractivity (Wildman–Crippen MR) is 111 cm³/mol. The molecular weight excluding hydrogens is 414 g/mol. The molecule has 3 rings (SSSR count). The highest BCUT2D eigenvalue weighted by Gasteiger charge is 2.16. The zero-order valence-corrected chi connectivity index (χ0v) is 16.9. The number of anilines is 1. The van der Waals surface area contributed by atoms with Crippen LogP contribution in [0.2, 0.25) is 5.02 Å². The molecule has 0 fully saturated rings. The third kappa shape index (κ3) is 5.22. The van der Waals surface area contributed by atoms with Crippen LogP contribution in [0, 0.1) is 0 Å². The molecule has 0 bridgehead atoms. The van der Waals surface area contributed by atoms with E-state index in [-0.39, 0.29) is 12.4 Å². The first-order valence-corrected chi connectivity index (χ1v) is 9.72. The molecule has 0 saturated heterocycles. The van der Waals surface area contributed by atoms with Crippen molar-refractivity contribution in [1.82, 2.24) is 0 Å². The van der Waals surface area contributed by atoms with E-state index < -0.39 is 11.9 Å². The normalized spacial score (nSPS) is 10.3. The van der Waals surface area contributed by atoms with Crippen molar-refractivity contribution in [3.63, 3.8) is 0 Å². The number of ketones is 1. The van der Waals surface area contributed by atoms with Crippen LogP contribution in [0.3, 0.4) is 0 Å². The maximum atomic E-state index is 12.4. The fraction of sp³-hybridized carbons (Fsp3) is 0.0952. The van der Waals surface area contributed by atoms with Crippen LogP contribution in [-0.4, -0.2) is 31.4 Å². The van der Waals surface area contributed by atoms with Gasteiger partial charge in [-0.2, -0.15) is 0 Å². The highest BCUT2D eigenvalue weighted by molar-refractivity contribution is 7.12. The second-order valence-electron chi connectivity index (χ2n) is 5.85. The van der Waals surface area contributed by atoms with Gasteiger partial charge in [0.25, 0.3) is 5.91 Å². The fourth-order valence-corrected chi connectivity index (χ4v) is 3.36. The quantitative estimate of drug-likeness (QED) is 0.443. The number of hydrogen-bond acceptors (Lipinski definition) is 6. The Balaban J connectivity index is 1.57. The average molecular weight is 430 g/mol. The van der Waals surface area contributed by atoms with Gasteiger partial charge in [-0.25, -0.2) is 4.79 Å². The summed E-state index contributed by atoms with van der Waals surface area (Å²) in [5.41, 5.74) is 1.39. The van der Waals surface area contributed by atoms with Gasteiger partial charge in [-0.05, 0) is 60.0 Å². The smallest absolute Gasteiger partial charge is 0.350 e. The first kappa shape index (κ1) is 20.6. The van der Waals surface area contributed by atoms with E-state index in [9.17, 15) is 14.4 Å². The number of hydrogen-bond donors (Lipinski definition) is 1. The lowest BCUT2D eigenvalue weighted by Crippen LogP contribution is -2.21. The molecule has 0 spiro atoms. The van der Waals surface area contributed by atoms with Crippen LogP contribution in [-0.2, 0) is 9.53 Å². The zero-order chi connectivity index (χ0) is 20.8. The summed E-state index contributed by atoms with van der Waals surface area (Å²) in [5, 5.41) is 4.85. The topological polar surface area (TPSA) is 81.7 Å². The van der Waals surface area contributed by atoms with Gasteiger partial charge in [-0.1, -0.05) is 11.6 Å². The van der Waals surface area contributed by atoms with Crippen molar-refractivity contribution in [3.05, 3.63) is 81.0 Å². The molecule has 29 heavy (non-hydrogen) atoms. The third-order valence-corrected chi connectivity index (χ3v) is 5.05. The Hall–Kier alpha value is -3.16. The summed E-state index contributed by atoms with van der Waals surface area (Å²) < 4.78 is 10.1. The molecule has 1 heterocycles. The first-order valence-electron chi connectivity index (χ1n) is 8.46. The summed E-state index contributed by atoms with van der Waals surface area (Å²) in [6.07, 6.45) is 0. The van der Waals surface area contributed by atoms with Crippen LogP contribution in [0.4, 0.5) is 5.69 Å². The number of thiophene rings is 1. The number of esters is 1. The van der Waals surface area contributed by atoms with E-state index in [1.165, 1.54) is 18.4 Å². The van der Waals surface area contributed by atoms with Crippen molar-refractivity contribution in [2.75, 3.05) is 19.0 Å². The largest absolute Gasteiger partial charge is 0.484 e. The molecular formula is C21H16ClNO5S. The van der Waals surface area contributed by atoms with Gasteiger partial charge >= 0.3 is 5.97 Å². The van der Waals surface area contributed by atoms with Crippen molar-refractivity contribution in [2.45, 2.75) is 0 Å². The molecule has 1 aromatic heterocycles. The van der Waals surface area contributed by atoms with Gasteiger partial charge in [0, 0.05) is 16.1 Å². The number of amides is 1. The van der Waals surface area contributed by atoms with Gasteiger partial charge in [-0.15, -0.1) is 11.3 Å². The number of rotatable bonds is 7. The predicted octanol–water partition coefficient (Wildman–Crippen LogP) is 4.44. The molecule has 0 radical (unpaired) electrons. The molecule has 6 nitrogen and oxygen atoms in total. The fourth-order valence-electron chi connectivity index (χ4n) is 2.46. The SMILES string of the molecule is COC(=O)c1sccc1NC(=O)COc1ccc(C(=O)c2ccc(Cl)cc2)cc1. The summed E-state index contributed by atoms with van der Waals surface area (Å²) in [6.45, 7) is -0.249. The maximum absolute atomic E-state index is 12.4. The Morgan fingerprint density at radius 2 is 1.59 bits per heavy atom. The highest BCUT2D eigenvalue weighted by atomic mass is 35.5. The minimum atomic E-state index is -0.517. The van der Waals surface area contributed by atoms with Gasteiger partial charge in [0.2, 0.25) is 0 Å². The third-order valence-electron chi connectivity index (χ3n) is 3.90. The number of carbonyl (C=O) groups is 3. The lowest BCUT2D eigenvalue weighted by Gasteiger charge is -2.08. The van der Waals surface area contributed by atoms with Crippen LogP contribution >= 0.6 is 22.9 Å². The molecule has 1 N–H and O–H groups in total. The lowest BCUT2D eigenvalue weighted by atomic mass is 10.0. The van der Waals surface area contributed by atoms with Gasteiger partial charge in [0.15, 0.2) is 12.4 Å². The van der Waals surface area contributed by atoms with Crippen LogP contribution < -0.4 is 10.1 Å². The van der Waals surface area contributed by atoms with E-state index >= 15 is 0 Å². The number of nitrogens with one attached hydrogen (secondary N) is 1. The number of halogens is 1. The van der Waals surface area contributed by atoms with Gasteiger partial charge in [-0.3, -0.25) is 9.59 Å². The molecule has 148 valence electrons. The number of methoxy groups -OCH3 is 1. The van der Waals surface area contributed by atoms with E-state index in [1.807, 2.05) is 0 Å². The molecule has 0 aliphatic carbocycles. The average Bonchev–Trinajstić information content (AvgIpc) is 3.20. The van der Waals surface area contributed by atoms with E-state index in [2.05, 4.69) is 10.1 Å². The Morgan fingerprint density at radius 1 is 0.966 bits per heavy atom. The van der Waals surface area contributed by atoms with Crippen LogP contribution in [0.5, 0.6) is 5.75 Å². The molecule has 0 unspecified atom stereocenters. The minimum Gasteiger partial charge on any atom is -0.484 e. The molecule has 2 aromatic carbocycles. The van der Waals surface area contributed by atoms with Crippen molar-refractivity contribution < 1.29 is 23.9 Å². The monoisotopic (exact) mass is 429 g/mol. The second-order valence-corrected chi connectivity index (χ2v) is 7.20. The van der Waals surface area contributed by atoms with E-state index in [0.717, 1.165) is 0 Å². The molecule has 8 heteroatoms. The van der Waals surface area contributed by atoms with Crippen molar-refractivity contribution in [3.8, 4) is 5.75 Å².